The van der Waals surface area contributed by atoms with Crippen LogP contribution in [-0.2, 0) is 0 Å². The number of aromatic nitrogens is 1. The average molecular weight is 273 g/mol. The molecule has 2 aromatic rings. The van der Waals surface area contributed by atoms with Crippen molar-refractivity contribution < 1.29 is 10.0 Å². The number of hydrogen-bond donors (Lipinski definition) is 2. The van der Waals surface area contributed by atoms with E-state index in [1.54, 1.807) is 24.4 Å². The average Bonchev–Trinajstić information content (AvgIpc) is 3.28. The minimum Gasteiger partial charge on any atom is -0.391 e. The summed E-state index contributed by atoms with van der Waals surface area (Å²) in [6.07, 6.45) is 3.38. The Bertz CT molecular complexity index is 655. The Morgan fingerprint density at radius 3 is 2.95 bits per heavy atom. The normalized spacial score (nSPS) is 16.1. The van der Waals surface area contributed by atoms with Crippen molar-refractivity contribution in [3.63, 3.8) is 0 Å². The third-order valence-corrected chi connectivity index (χ3v) is 3.61. The van der Waals surface area contributed by atoms with Gasteiger partial charge in [-0.1, -0.05) is 0 Å². The third kappa shape index (κ3) is 2.42. The molecule has 3 rings (SSSR count). The van der Waals surface area contributed by atoms with Crippen molar-refractivity contribution in [3.8, 4) is 0 Å². The molecule has 6 heteroatoms. The largest absolute Gasteiger partial charge is 0.391 e. The predicted molar refractivity (Wildman–Crippen MR) is 75.6 cm³/mol. The number of nitro benzene ring substituents is 1. The first-order chi connectivity index (χ1) is 9.66. The van der Waals surface area contributed by atoms with Gasteiger partial charge in [0.2, 0.25) is 0 Å². The van der Waals surface area contributed by atoms with Crippen molar-refractivity contribution in [3.05, 3.63) is 40.6 Å². The van der Waals surface area contributed by atoms with Crippen molar-refractivity contribution in [2.75, 3.05) is 11.9 Å². The van der Waals surface area contributed by atoms with Crippen molar-refractivity contribution >= 4 is 22.3 Å². The molecule has 1 saturated carbocycles. The lowest BCUT2D eigenvalue weighted by Crippen LogP contribution is -2.21. The van der Waals surface area contributed by atoms with E-state index in [2.05, 4.69) is 10.3 Å². The highest BCUT2D eigenvalue weighted by Gasteiger charge is 2.29. The molecule has 1 aliphatic rings. The Morgan fingerprint density at radius 1 is 1.45 bits per heavy atom. The summed E-state index contributed by atoms with van der Waals surface area (Å²) in [5.41, 5.74) is 1.32. The van der Waals surface area contributed by atoms with Gasteiger partial charge in [-0.3, -0.25) is 15.1 Å². The van der Waals surface area contributed by atoms with Crippen LogP contribution in [-0.4, -0.2) is 27.7 Å². The van der Waals surface area contributed by atoms with E-state index in [0.717, 1.165) is 12.8 Å². The lowest BCUT2D eigenvalue weighted by molar-refractivity contribution is -0.383. The number of fused-ring (bicyclic) bond motifs is 1. The number of non-ortho nitro benzene ring substituents is 1. The Hall–Kier alpha value is -2.21. The Balaban J connectivity index is 1.91. The number of nitrogens with zero attached hydrogens (tertiary/aromatic N) is 2. The van der Waals surface area contributed by atoms with Gasteiger partial charge >= 0.3 is 0 Å². The highest BCUT2D eigenvalue weighted by Crippen LogP contribution is 2.33. The molecule has 1 unspecified atom stereocenters. The molecule has 1 aromatic heterocycles. The highest BCUT2D eigenvalue weighted by molar-refractivity contribution is 5.96. The first-order valence-electron chi connectivity index (χ1n) is 6.61. The van der Waals surface area contributed by atoms with Gasteiger partial charge in [0.05, 0.1) is 22.1 Å². The molecular formula is C14H15N3O3. The summed E-state index contributed by atoms with van der Waals surface area (Å²) in [5.74, 6) is 0.389. The quantitative estimate of drug-likeness (QED) is 0.644. The maximum absolute atomic E-state index is 11.0. The van der Waals surface area contributed by atoms with Crippen LogP contribution in [0.5, 0.6) is 0 Å². The maximum atomic E-state index is 11.0. The van der Waals surface area contributed by atoms with Gasteiger partial charge in [-0.05, 0) is 37.0 Å². The molecular weight excluding hydrogens is 258 g/mol. The fourth-order valence-corrected chi connectivity index (χ4v) is 2.32. The Labute approximate surface area is 115 Å². The van der Waals surface area contributed by atoms with Crippen LogP contribution < -0.4 is 5.32 Å². The number of benzene rings is 1. The monoisotopic (exact) mass is 273 g/mol. The molecule has 1 fully saturated rings. The zero-order valence-electron chi connectivity index (χ0n) is 10.8. The van der Waals surface area contributed by atoms with Crippen molar-refractivity contribution in [2.24, 2.45) is 5.92 Å². The van der Waals surface area contributed by atoms with Gasteiger partial charge in [0.15, 0.2) is 0 Å². The zero-order valence-corrected chi connectivity index (χ0v) is 10.8. The van der Waals surface area contributed by atoms with E-state index in [9.17, 15) is 15.2 Å². The second kappa shape index (κ2) is 5.05. The minimum absolute atomic E-state index is 0.0430. The van der Waals surface area contributed by atoms with Crippen LogP contribution in [0.25, 0.3) is 10.9 Å². The van der Waals surface area contributed by atoms with Gasteiger partial charge in [-0.25, -0.2) is 0 Å². The van der Waals surface area contributed by atoms with E-state index in [0.29, 0.717) is 29.1 Å². The smallest absolute Gasteiger partial charge is 0.278 e. The van der Waals surface area contributed by atoms with Gasteiger partial charge in [0, 0.05) is 18.8 Å². The molecule has 104 valence electrons. The number of aliphatic hydroxyl groups excluding tert-OH is 1. The third-order valence-electron chi connectivity index (χ3n) is 3.61. The zero-order chi connectivity index (χ0) is 14.1. The van der Waals surface area contributed by atoms with Crippen LogP contribution in [0.4, 0.5) is 11.4 Å². The molecule has 0 radical (unpaired) electrons. The van der Waals surface area contributed by atoms with Gasteiger partial charge in [0.25, 0.3) is 5.69 Å². The van der Waals surface area contributed by atoms with E-state index >= 15 is 0 Å². The molecule has 20 heavy (non-hydrogen) atoms. The topological polar surface area (TPSA) is 88.3 Å². The van der Waals surface area contributed by atoms with E-state index in [1.165, 1.54) is 6.07 Å². The molecule has 6 nitrogen and oxygen atoms in total. The van der Waals surface area contributed by atoms with E-state index < -0.39 is 4.92 Å². The lowest BCUT2D eigenvalue weighted by Gasteiger charge is -2.13. The summed E-state index contributed by atoms with van der Waals surface area (Å²) < 4.78 is 0. The number of rotatable bonds is 5. The van der Waals surface area contributed by atoms with Gasteiger partial charge in [-0.15, -0.1) is 0 Å². The summed E-state index contributed by atoms with van der Waals surface area (Å²) in [5, 5.41) is 24.5. The van der Waals surface area contributed by atoms with Crippen LogP contribution >= 0.6 is 0 Å². The minimum atomic E-state index is -0.410. The summed E-state index contributed by atoms with van der Waals surface area (Å²) >= 11 is 0. The van der Waals surface area contributed by atoms with Gasteiger partial charge in [0.1, 0.15) is 5.52 Å². The van der Waals surface area contributed by atoms with Crippen molar-refractivity contribution in [1.29, 1.82) is 0 Å². The number of nitro groups is 1. The summed E-state index contributed by atoms with van der Waals surface area (Å²) in [7, 11) is 0. The molecule has 0 saturated heterocycles. The molecule has 2 N–H and O–H groups in total. The number of aliphatic hydroxyl groups is 1. The number of anilines is 1. The first-order valence-corrected chi connectivity index (χ1v) is 6.61. The van der Waals surface area contributed by atoms with E-state index in [4.69, 9.17) is 0 Å². The Kier molecular flexibility index (Phi) is 3.23. The first kappa shape index (κ1) is 12.8. The van der Waals surface area contributed by atoms with Crippen LogP contribution in [0.3, 0.4) is 0 Å². The molecule has 0 aliphatic heterocycles. The number of hydrogen-bond acceptors (Lipinski definition) is 5. The standard InChI is InChI=1S/C14H15N3O3/c18-13(9-3-4-9)8-16-11-5-6-12(17(19)20)10-2-1-7-15-14(10)11/h1-2,5-7,9,13,16,18H,3-4,8H2. The number of pyridine rings is 1. The molecule has 1 heterocycles. The molecule has 1 aliphatic carbocycles. The molecule has 0 bridgehead atoms. The number of nitrogens with one attached hydrogen (secondary N) is 1. The lowest BCUT2D eigenvalue weighted by atomic mass is 10.1. The van der Waals surface area contributed by atoms with Crippen LogP contribution in [0.15, 0.2) is 30.5 Å². The van der Waals surface area contributed by atoms with Crippen molar-refractivity contribution in [2.45, 2.75) is 18.9 Å². The molecule has 0 amide bonds. The second-order valence-corrected chi connectivity index (χ2v) is 5.07. The Morgan fingerprint density at radius 2 is 2.25 bits per heavy atom. The van der Waals surface area contributed by atoms with Crippen LogP contribution in [0, 0.1) is 16.0 Å². The summed E-state index contributed by atoms with van der Waals surface area (Å²) in [4.78, 5) is 14.8. The van der Waals surface area contributed by atoms with Gasteiger partial charge < -0.3 is 10.4 Å². The molecule has 1 aromatic carbocycles. The fraction of sp³-hybridized carbons (Fsp3) is 0.357. The van der Waals surface area contributed by atoms with Crippen LogP contribution in [0.2, 0.25) is 0 Å². The van der Waals surface area contributed by atoms with Crippen molar-refractivity contribution in [1.82, 2.24) is 4.98 Å². The maximum Gasteiger partial charge on any atom is 0.278 e. The van der Waals surface area contributed by atoms with Crippen LogP contribution in [0.1, 0.15) is 12.8 Å². The fourth-order valence-electron chi connectivity index (χ4n) is 2.32. The summed E-state index contributed by atoms with van der Waals surface area (Å²) in [6, 6.07) is 6.48. The SMILES string of the molecule is O=[N+]([O-])c1ccc(NCC(O)C2CC2)c2ncccc12. The molecule has 0 spiro atoms. The van der Waals surface area contributed by atoms with E-state index in [-0.39, 0.29) is 11.8 Å². The van der Waals surface area contributed by atoms with Gasteiger partial charge in [-0.2, -0.15) is 0 Å². The second-order valence-electron chi connectivity index (χ2n) is 5.07. The molecule has 1 atom stereocenters. The van der Waals surface area contributed by atoms with E-state index in [1.807, 2.05) is 0 Å². The predicted octanol–water partition coefficient (Wildman–Crippen LogP) is 2.33. The highest BCUT2D eigenvalue weighted by atomic mass is 16.6. The summed E-state index contributed by atoms with van der Waals surface area (Å²) in [6.45, 7) is 0.439.